The Bertz CT molecular complexity index is 539. The first-order chi connectivity index (χ1) is 10.0. The van der Waals surface area contributed by atoms with Gasteiger partial charge in [-0.1, -0.05) is 20.3 Å². The molecule has 21 heavy (non-hydrogen) atoms. The van der Waals surface area contributed by atoms with E-state index in [1.54, 1.807) is 6.07 Å². The molecule has 0 aliphatic carbocycles. The second kappa shape index (κ2) is 5.79. The van der Waals surface area contributed by atoms with Crippen molar-refractivity contribution in [2.24, 2.45) is 0 Å². The van der Waals surface area contributed by atoms with Gasteiger partial charge in [0.1, 0.15) is 11.6 Å². The molecule has 2 aliphatic rings. The number of anilines is 1. The Morgan fingerprint density at radius 2 is 2.00 bits per heavy atom. The van der Waals surface area contributed by atoms with Crippen LogP contribution in [0.4, 0.5) is 5.82 Å². The Morgan fingerprint density at radius 3 is 2.62 bits per heavy atom. The van der Waals surface area contributed by atoms with Crippen molar-refractivity contribution in [2.75, 3.05) is 12.4 Å². The van der Waals surface area contributed by atoms with Crippen LogP contribution < -0.4 is 10.9 Å². The van der Waals surface area contributed by atoms with Crippen molar-refractivity contribution < 1.29 is 0 Å². The van der Waals surface area contributed by atoms with Gasteiger partial charge in [-0.2, -0.15) is 0 Å². The van der Waals surface area contributed by atoms with Crippen LogP contribution in [0.5, 0.6) is 0 Å². The molecule has 2 unspecified atom stereocenters. The summed E-state index contributed by atoms with van der Waals surface area (Å²) in [5.41, 5.74) is -0.0654. The van der Waals surface area contributed by atoms with Crippen molar-refractivity contribution in [3.05, 3.63) is 22.2 Å². The number of nitrogens with zero attached hydrogens (tertiary/aromatic N) is 2. The van der Waals surface area contributed by atoms with E-state index in [0.29, 0.717) is 18.1 Å². The first-order valence-corrected chi connectivity index (χ1v) is 8.12. The maximum atomic E-state index is 11.8. The van der Waals surface area contributed by atoms with E-state index in [1.807, 2.05) is 13.8 Å². The summed E-state index contributed by atoms with van der Waals surface area (Å²) in [5, 5.41) is 3.51. The van der Waals surface area contributed by atoms with Gasteiger partial charge in [0.15, 0.2) is 0 Å². The maximum absolute atomic E-state index is 11.8. The summed E-state index contributed by atoms with van der Waals surface area (Å²) in [6.07, 6.45) is 6.25. The van der Waals surface area contributed by atoms with Crippen molar-refractivity contribution in [1.29, 1.82) is 0 Å². The van der Waals surface area contributed by atoms with Crippen LogP contribution in [0.25, 0.3) is 0 Å². The Labute approximate surface area is 126 Å². The number of nitrogens with one attached hydrogen (secondary N) is 2. The van der Waals surface area contributed by atoms with Crippen molar-refractivity contribution in [3.8, 4) is 0 Å². The van der Waals surface area contributed by atoms with Crippen LogP contribution in [0.2, 0.25) is 0 Å². The molecule has 5 nitrogen and oxygen atoms in total. The Hall–Kier alpha value is -1.36. The Balaban J connectivity index is 1.74. The Morgan fingerprint density at radius 1 is 1.33 bits per heavy atom. The minimum absolute atomic E-state index is 0.0654. The summed E-state index contributed by atoms with van der Waals surface area (Å²) in [6.45, 7) is 4.09. The van der Waals surface area contributed by atoms with Gasteiger partial charge in [0.05, 0.1) is 0 Å². The van der Waals surface area contributed by atoms with Gasteiger partial charge in [0.25, 0.3) is 5.56 Å². The van der Waals surface area contributed by atoms with E-state index in [4.69, 9.17) is 0 Å². The summed E-state index contributed by atoms with van der Waals surface area (Å²) < 4.78 is 0. The van der Waals surface area contributed by atoms with Crippen LogP contribution in [0.1, 0.15) is 57.7 Å². The molecule has 1 aromatic heterocycles. The minimum atomic E-state index is -0.0654. The summed E-state index contributed by atoms with van der Waals surface area (Å²) in [4.78, 5) is 21.7. The lowest BCUT2D eigenvalue weighted by molar-refractivity contribution is 0.0608. The molecule has 0 radical (unpaired) electrons. The molecule has 2 atom stereocenters. The van der Waals surface area contributed by atoms with E-state index < -0.39 is 0 Å². The topological polar surface area (TPSA) is 61.0 Å². The first kappa shape index (κ1) is 14.6. The monoisotopic (exact) mass is 290 g/mol. The van der Waals surface area contributed by atoms with E-state index in [-0.39, 0.29) is 11.5 Å². The van der Waals surface area contributed by atoms with Gasteiger partial charge in [-0.05, 0) is 32.7 Å². The lowest BCUT2D eigenvalue weighted by atomic mass is 9.82. The van der Waals surface area contributed by atoms with Crippen LogP contribution in [-0.4, -0.2) is 40.0 Å². The number of fused-ring (bicyclic) bond motifs is 2. The molecule has 116 valence electrons. The lowest BCUT2D eigenvalue weighted by Crippen LogP contribution is -2.52. The lowest BCUT2D eigenvalue weighted by Gasteiger charge is -2.47. The normalized spacial score (nSPS) is 29.6. The number of rotatable bonds is 3. The third-order valence-electron chi connectivity index (χ3n) is 5.00. The van der Waals surface area contributed by atoms with E-state index in [1.165, 1.54) is 19.3 Å². The average Bonchev–Trinajstić information content (AvgIpc) is 2.39. The van der Waals surface area contributed by atoms with Gasteiger partial charge >= 0.3 is 0 Å². The molecule has 0 amide bonds. The molecule has 3 heterocycles. The van der Waals surface area contributed by atoms with Crippen molar-refractivity contribution in [3.63, 3.8) is 0 Å². The quantitative estimate of drug-likeness (QED) is 0.897. The number of aromatic amines is 1. The fourth-order valence-electron chi connectivity index (χ4n) is 3.77. The third kappa shape index (κ3) is 3.12. The highest BCUT2D eigenvalue weighted by Crippen LogP contribution is 2.33. The molecular formula is C16H26N4O. The number of H-pyrrole nitrogens is 1. The van der Waals surface area contributed by atoms with Gasteiger partial charge in [-0.25, -0.2) is 4.98 Å². The summed E-state index contributed by atoms with van der Waals surface area (Å²) in [7, 11) is 2.26. The second-order valence-electron chi connectivity index (χ2n) is 6.89. The zero-order valence-corrected chi connectivity index (χ0v) is 13.2. The van der Waals surface area contributed by atoms with Crippen LogP contribution in [-0.2, 0) is 0 Å². The fraction of sp³-hybridized carbons (Fsp3) is 0.750. The first-order valence-electron chi connectivity index (χ1n) is 8.12. The van der Waals surface area contributed by atoms with Gasteiger partial charge in [0, 0.05) is 30.1 Å². The highest BCUT2D eigenvalue weighted by molar-refractivity contribution is 5.35. The highest BCUT2D eigenvalue weighted by atomic mass is 16.1. The van der Waals surface area contributed by atoms with E-state index >= 15 is 0 Å². The number of hydrogen-bond acceptors (Lipinski definition) is 4. The zero-order chi connectivity index (χ0) is 15.0. The Kier molecular flexibility index (Phi) is 4.02. The van der Waals surface area contributed by atoms with Gasteiger partial charge < -0.3 is 15.2 Å². The molecule has 3 rings (SSSR count). The molecule has 0 saturated carbocycles. The van der Waals surface area contributed by atoms with Crippen LogP contribution >= 0.6 is 0 Å². The smallest absolute Gasteiger partial charge is 0.252 e. The van der Waals surface area contributed by atoms with E-state index in [2.05, 4.69) is 27.2 Å². The van der Waals surface area contributed by atoms with Crippen molar-refractivity contribution in [1.82, 2.24) is 14.9 Å². The summed E-state index contributed by atoms with van der Waals surface area (Å²) in [5.74, 6) is 1.73. The van der Waals surface area contributed by atoms with E-state index in [0.717, 1.165) is 24.5 Å². The second-order valence-corrected chi connectivity index (χ2v) is 6.89. The SMILES string of the molecule is CC(C)c1nc(NC2CC3CCCC(C2)N3C)cc(=O)[nH]1. The zero-order valence-electron chi connectivity index (χ0n) is 13.2. The standard InChI is InChI=1S/C16H26N4O/c1-10(2)16-18-14(9-15(21)19-16)17-11-7-12-5-4-6-13(8-11)20(12)3/h9-13H,4-8H2,1-3H3,(H2,17,18,19,21). The largest absolute Gasteiger partial charge is 0.367 e. The van der Waals surface area contributed by atoms with Gasteiger partial charge in [-0.15, -0.1) is 0 Å². The summed E-state index contributed by atoms with van der Waals surface area (Å²) >= 11 is 0. The number of piperidine rings is 2. The van der Waals surface area contributed by atoms with Gasteiger partial charge in [0.2, 0.25) is 0 Å². The maximum Gasteiger partial charge on any atom is 0.252 e. The highest BCUT2D eigenvalue weighted by Gasteiger charge is 2.35. The molecule has 0 spiro atoms. The molecule has 2 fully saturated rings. The molecule has 2 aliphatic heterocycles. The van der Waals surface area contributed by atoms with Crippen LogP contribution in [0.3, 0.4) is 0 Å². The molecule has 0 aromatic carbocycles. The average molecular weight is 290 g/mol. The molecule has 2 bridgehead atoms. The number of hydrogen-bond donors (Lipinski definition) is 2. The minimum Gasteiger partial charge on any atom is -0.367 e. The van der Waals surface area contributed by atoms with Crippen LogP contribution in [0, 0.1) is 0 Å². The predicted octanol–water partition coefficient (Wildman–Crippen LogP) is 2.32. The predicted molar refractivity (Wildman–Crippen MR) is 84.8 cm³/mol. The molecule has 2 N–H and O–H groups in total. The summed E-state index contributed by atoms with van der Waals surface area (Å²) in [6, 6.07) is 3.38. The van der Waals surface area contributed by atoms with Crippen molar-refractivity contribution >= 4 is 5.82 Å². The van der Waals surface area contributed by atoms with Gasteiger partial charge in [-0.3, -0.25) is 4.79 Å². The molecule has 1 aromatic rings. The third-order valence-corrected chi connectivity index (χ3v) is 5.00. The molecule has 5 heteroatoms. The van der Waals surface area contributed by atoms with Crippen LogP contribution in [0.15, 0.2) is 10.9 Å². The van der Waals surface area contributed by atoms with E-state index in [9.17, 15) is 4.79 Å². The van der Waals surface area contributed by atoms with Crippen molar-refractivity contribution in [2.45, 2.75) is 70.0 Å². The molecular weight excluding hydrogens is 264 g/mol. The molecule has 2 saturated heterocycles. The fourth-order valence-corrected chi connectivity index (χ4v) is 3.77. The number of aromatic nitrogens is 2.